The van der Waals surface area contributed by atoms with Crippen molar-refractivity contribution in [1.29, 1.82) is 0 Å². The smallest absolute Gasteiger partial charge is 0.241 e. The Kier molecular flexibility index (Phi) is 4.62. The van der Waals surface area contributed by atoms with Gasteiger partial charge >= 0.3 is 0 Å². The van der Waals surface area contributed by atoms with Crippen molar-refractivity contribution < 1.29 is 9.53 Å². The van der Waals surface area contributed by atoms with E-state index in [0.717, 1.165) is 26.2 Å². The van der Waals surface area contributed by atoms with Crippen molar-refractivity contribution in [3.05, 3.63) is 0 Å². The van der Waals surface area contributed by atoms with E-state index in [1.165, 1.54) is 0 Å². The summed E-state index contributed by atoms with van der Waals surface area (Å²) < 4.78 is 5.60. The van der Waals surface area contributed by atoms with Crippen LogP contribution in [0.4, 0.5) is 0 Å². The molecule has 6 heteroatoms. The number of alkyl halides is 1. The molecule has 98 valence electrons. The number of rotatable bonds is 1. The first-order valence-electron chi connectivity index (χ1n) is 6.01. The van der Waals surface area contributed by atoms with E-state index in [1.807, 2.05) is 11.9 Å². The van der Waals surface area contributed by atoms with Crippen LogP contribution in [0.15, 0.2) is 0 Å². The van der Waals surface area contributed by atoms with E-state index in [0.29, 0.717) is 13.2 Å². The number of nitrogens with zero attached hydrogens (tertiary/aromatic N) is 3. The van der Waals surface area contributed by atoms with E-state index in [-0.39, 0.29) is 16.1 Å². The van der Waals surface area contributed by atoms with Crippen LogP contribution in [0.25, 0.3) is 0 Å². The predicted octanol–water partition coefficient (Wildman–Crippen LogP) is -0.148. The first kappa shape index (κ1) is 13.5. The maximum atomic E-state index is 12.5. The number of likely N-dealkylation sites (N-methyl/N-ethyl adjacent to an activating group) is 2. The largest absolute Gasteiger partial charge is 0.364 e. The molecular weight excluding hydrogens is 333 g/mol. The van der Waals surface area contributed by atoms with E-state index >= 15 is 0 Å². The van der Waals surface area contributed by atoms with Gasteiger partial charge in [-0.15, -0.1) is 0 Å². The molecule has 2 heterocycles. The number of carbonyl (C=O) groups is 1. The molecule has 2 rings (SSSR count). The Morgan fingerprint density at radius 3 is 2.71 bits per heavy atom. The zero-order valence-corrected chi connectivity index (χ0v) is 12.6. The van der Waals surface area contributed by atoms with Crippen LogP contribution in [0.1, 0.15) is 0 Å². The van der Waals surface area contributed by atoms with Gasteiger partial charge in [-0.2, -0.15) is 0 Å². The molecule has 0 bridgehead atoms. The van der Waals surface area contributed by atoms with Crippen LogP contribution in [0.2, 0.25) is 0 Å². The summed E-state index contributed by atoms with van der Waals surface area (Å²) in [5.74, 6) is 0.254. The van der Waals surface area contributed by atoms with E-state index in [1.54, 1.807) is 0 Å². The lowest BCUT2D eigenvalue weighted by Crippen LogP contribution is -2.59. The monoisotopic (exact) mass is 353 g/mol. The van der Waals surface area contributed by atoms with Crippen molar-refractivity contribution in [3.8, 4) is 0 Å². The molecule has 2 aliphatic rings. The van der Waals surface area contributed by atoms with Crippen LogP contribution in [-0.4, -0.2) is 84.2 Å². The molecule has 0 radical (unpaired) electrons. The number of ether oxygens (including phenoxy) is 1. The highest BCUT2D eigenvalue weighted by molar-refractivity contribution is 14.1. The van der Waals surface area contributed by atoms with Crippen molar-refractivity contribution in [2.75, 3.05) is 53.4 Å². The summed E-state index contributed by atoms with van der Waals surface area (Å²) in [5.41, 5.74) is 0. The molecule has 1 amide bonds. The summed E-state index contributed by atoms with van der Waals surface area (Å²) in [5, 5.41) is 0. The van der Waals surface area contributed by atoms with Crippen LogP contribution in [0, 0.1) is 0 Å². The quantitative estimate of drug-likeness (QED) is 0.486. The van der Waals surface area contributed by atoms with Gasteiger partial charge in [0.05, 0.1) is 13.2 Å². The SMILES string of the molecule is CN1CCN(C)C(C(=O)N2CCOC(I)C2)C1. The zero-order valence-electron chi connectivity index (χ0n) is 10.4. The minimum absolute atomic E-state index is 0.00968. The third-order valence-electron chi connectivity index (χ3n) is 3.47. The lowest BCUT2D eigenvalue weighted by atomic mass is 10.1. The van der Waals surface area contributed by atoms with Gasteiger partial charge in [-0.3, -0.25) is 9.69 Å². The Balaban J connectivity index is 1.97. The Morgan fingerprint density at radius 1 is 1.24 bits per heavy atom. The van der Waals surface area contributed by atoms with Gasteiger partial charge in [0.1, 0.15) is 10.2 Å². The molecule has 0 spiro atoms. The first-order chi connectivity index (χ1) is 8.08. The average molecular weight is 353 g/mol. The van der Waals surface area contributed by atoms with Crippen molar-refractivity contribution >= 4 is 28.5 Å². The molecule has 0 aromatic rings. The number of amides is 1. The lowest BCUT2D eigenvalue weighted by Gasteiger charge is -2.40. The maximum absolute atomic E-state index is 12.5. The number of piperazine rings is 1. The number of hydrogen-bond donors (Lipinski definition) is 0. The molecule has 2 atom stereocenters. The Morgan fingerprint density at radius 2 is 2.00 bits per heavy atom. The molecule has 0 aromatic heterocycles. The van der Waals surface area contributed by atoms with Crippen molar-refractivity contribution in [3.63, 3.8) is 0 Å². The summed E-state index contributed by atoms with van der Waals surface area (Å²) in [6.07, 6.45) is 0. The third kappa shape index (κ3) is 3.30. The minimum atomic E-state index is 0.00968. The Hall–Kier alpha value is 0.0800. The highest BCUT2D eigenvalue weighted by atomic mass is 127. The highest BCUT2D eigenvalue weighted by Crippen LogP contribution is 2.15. The van der Waals surface area contributed by atoms with Crippen LogP contribution in [-0.2, 0) is 9.53 Å². The first-order valence-corrected chi connectivity index (χ1v) is 7.25. The molecule has 5 nitrogen and oxygen atoms in total. The summed E-state index contributed by atoms with van der Waals surface area (Å²) >= 11 is 2.25. The number of halogens is 1. The predicted molar refractivity (Wildman–Crippen MR) is 74.3 cm³/mol. The van der Waals surface area contributed by atoms with Gasteiger partial charge in [0.2, 0.25) is 5.91 Å². The maximum Gasteiger partial charge on any atom is 0.241 e. The van der Waals surface area contributed by atoms with Gasteiger partial charge in [-0.05, 0) is 36.7 Å². The molecule has 2 fully saturated rings. The molecule has 0 N–H and O–H groups in total. The zero-order chi connectivity index (χ0) is 12.4. The van der Waals surface area contributed by atoms with E-state index < -0.39 is 0 Å². The van der Waals surface area contributed by atoms with Crippen molar-refractivity contribution in [1.82, 2.24) is 14.7 Å². The third-order valence-corrected chi connectivity index (χ3v) is 4.23. The minimum Gasteiger partial charge on any atom is -0.364 e. The van der Waals surface area contributed by atoms with E-state index in [2.05, 4.69) is 39.4 Å². The molecular formula is C11H20IN3O2. The molecule has 17 heavy (non-hydrogen) atoms. The van der Waals surface area contributed by atoms with E-state index in [9.17, 15) is 4.79 Å². The van der Waals surface area contributed by atoms with Crippen LogP contribution >= 0.6 is 22.6 Å². The second kappa shape index (κ2) is 5.81. The number of carbonyl (C=O) groups excluding carboxylic acids is 1. The lowest BCUT2D eigenvalue weighted by molar-refractivity contribution is -0.143. The summed E-state index contributed by atoms with van der Waals surface area (Å²) in [6, 6.07) is 0.00968. The van der Waals surface area contributed by atoms with Gasteiger partial charge in [-0.1, -0.05) is 0 Å². The van der Waals surface area contributed by atoms with Gasteiger partial charge in [0.25, 0.3) is 0 Å². The summed E-state index contributed by atoms with van der Waals surface area (Å²) in [4.78, 5) is 18.8. The fourth-order valence-electron chi connectivity index (χ4n) is 2.30. The fraction of sp³-hybridized carbons (Fsp3) is 0.909. The molecule has 2 unspecified atom stereocenters. The van der Waals surface area contributed by atoms with Gasteiger partial charge in [0.15, 0.2) is 0 Å². The molecule has 2 aliphatic heterocycles. The molecule has 0 aliphatic carbocycles. The molecule has 0 aromatic carbocycles. The fourth-order valence-corrected chi connectivity index (χ4v) is 3.03. The summed E-state index contributed by atoms with van der Waals surface area (Å²) in [6.45, 7) is 4.94. The highest BCUT2D eigenvalue weighted by Gasteiger charge is 2.33. The summed E-state index contributed by atoms with van der Waals surface area (Å²) in [7, 11) is 4.12. The topological polar surface area (TPSA) is 36.0 Å². The van der Waals surface area contributed by atoms with E-state index in [4.69, 9.17) is 4.74 Å². The normalized spacial score (nSPS) is 32.8. The van der Waals surface area contributed by atoms with Crippen LogP contribution in [0.3, 0.4) is 0 Å². The average Bonchev–Trinajstić information content (AvgIpc) is 2.31. The van der Waals surface area contributed by atoms with Gasteiger partial charge in [-0.25, -0.2) is 0 Å². The molecule has 0 saturated carbocycles. The second-order valence-electron chi connectivity index (χ2n) is 4.82. The Labute approximate surface area is 116 Å². The van der Waals surface area contributed by atoms with Gasteiger partial charge < -0.3 is 14.5 Å². The van der Waals surface area contributed by atoms with Crippen LogP contribution in [0.5, 0.6) is 0 Å². The van der Waals surface area contributed by atoms with Crippen molar-refractivity contribution in [2.45, 2.75) is 10.2 Å². The second-order valence-corrected chi connectivity index (χ2v) is 6.21. The van der Waals surface area contributed by atoms with Crippen molar-refractivity contribution in [2.24, 2.45) is 0 Å². The molecule has 2 saturated heterocycles. The number of hydrogen-bond acceptors (Lipinski definition) is 4. The van der Waals surface area contributed by atoms with Crippen LogP contribution < -0.4 is 0 Å². The Bertz CT molecular complexity index is 290. The number of morpholine rings is 1. The van der Waals surface area contributed by atoms with Gasteiger partial charge in [0, 0.05) is 26.2 Å². The standard InChI is InChI=1S/C11H20IN3O2/c1-13-3-4-14(2)9(7-13)11(16)15-5-6-17-10(12)8-15/h9-10H,3-8H2,1-2H3.